The molecule has 0 aliphatic rings. The van der Waals surface area contributed by atoms with Gasteiger partial charge in [0, 0.05) is 0 Å². The molecule has 0 aromatic carbocycles. The average Bonchev–Trinajstić information content (AvgIpc) is 1.36. The largest absolute Gasteiger partial charge is 0.491 e. The SMILES string of the molecule is O=[SH](=O)C(O)=S. The molecule has 0 aromatic heterocycles. The van der Waals surface area contributed by atoms with E-state index in [4.69, 9.17) is 5.11 Å². The Hall–Kier alpha value is -0.160. The lowest BCUT2D eigenvalue weighted by atomic mass is 11.7. The smallest absolute Gasteiger partial charge is 0.273 e. The van der Waals surface area contributed by atoms with Crippen molar-refractivity contribution >= 4 is 27.3 Å². The Bertz CT molecular complexity index is 115. The maximum Gasteiger partial charge on any atom is 0.273 e. The van der Waals surface area contributed by atoms with E-state index in [1.807, 2.05) is 0 Å². The van der Waals surface area contributed by atoms with Crippen LogP contribution in [0.1, 0.15) is 0 Å². The lowest BCUT2D eigenvalue weighted by Crippen LogP contribution is -1.89. The van der Waals surface area contributed by atoms with E-state index in [1.54, 1.807) is 0 Å². The standard InChI is InChI=1S/CH2O3S2/c2-1(5)6(3)4/h6H,(H,2,5). The molecule has 0 radical (unpaired) electrons. The van der Waals surface area contributed by atoms with Crippen LogP contribution in [-0.2, 0) is 10.7 Å². The van der Waals surface area contributed by atoms with Crippen molar-refractivity contribution in [2.24, 2.45) is 0 Å². The summed E-state index contributed by atoms with van der Waals surface area (Å²) in [5, 5.41) is 7.76. The number of thiol groups is 1. The van der Waals surface area contributed by atoms with Gasteiger partial charge in [-0.15, -0.1) is 0 Å². The van der Waals surface area contributed by atoms with E-state index in [-0.39, 0.29) is 0 Å². The van der Waals surface area contributed by atoms with Crippen molar-refractivity contribution in [3.8, 4) is 0 Å². The highest BCUT2D eigenvalue weighted by atomic mass is 32.2. The van der Waals surface area contributed by atoms with E-state index >= 15 is 0 Å². The fourth-order valence-electron chi connectivity index (χ4n) is 0. The Labute approximate surface area is 41.5 Å². The molecule has 0 unspecified atom stereocenters. The molecular formula is CH2O3S2. The molecule has 0 atom stereocenters. The summed E-state index contributed by atoms with van der Waals surface area (Å²) in [4.78, 5) is 0. The van der Waals surface area contributed by atoms with Gasteiger partial charge in [0.25, 0.3) is 4.38 Å². The molecule has 0 spiro atoms. The van der Waals surface area contributed by atoms with Crippen molar-refractivity contribution in [2.45, 2.75) is 0 Å². The first-order valence-electron chi connectivity index (χ1n) is 1.02. The normalized spacial score (nSPS) is 8.83. The highest BCUT2D eigenvalue weighted by molar-refractivity contribution is 8.05. The molecule has 5 heteroatoms. The summed E-state index contributed by atoms with van der Waals surface area (Å²) in [5.41, 5.74) is 0. The van der Waals surface area contributed by atoms with Crippen LogP contribution >= 0.6 is 12.2 Å². The molecule has 0 saturated heterocycles. The van der Waals surface area contributed by atoms with Gasteiger partial charge in [-0.05, 0) is 12.2 Å². The second-order valence-corrected chi connectivity index (χ2v) is 2.17. The molecule has 0 amide bonds. The summed E-state index contributed by atoms with van der Waals surface area (Å²) in [6, 6.07) is 0. The Balaban J connectivity index is 3.94. The van der Waals surface area contributed by atoms with Crippen LogP contribution in [-0.4, -0.2) is 17.9 Å². The van der Waals surface area contributed by atoms with Crippen LogP contribution in [0.25, 0.3) is 0 Å². The second kappa shape index (κ2) is 2.09. The highest BCUT2D eigenvalue weighted by Crippen LogP contribution is 1.64. The molecular weight excluding hydrogens is 124 g/mol. The minimum Gasteiger partial charge on any atom is -0.491 e. The van der Waals surface area contributed by atoms with Crippen molar-refractivity contribution < 1.29 is 13.5 Å². The number of rotatable bonds is 0. The maximum absolute atomic E-state index is 9.34. The summed E-state index contributed by atoms with van der Waals surface area (Å²) in [7, 11) is -2.87. The number of thiocarbonyl (C=S) groups is 1. The third-order valence-corrected chi connectivity index (χ3v) is 0.916. The number of hydrogen-bond acceptors (Lipinski definition) is 3. The van der Waals surface area contributed by atoms with Crippen LogP contribution in [0.5, 0.6) is 0 Å². The average molecular weight is 126 g/mol. The van der Waals surface area contributed by atoms with E-state index in [0.29, 0.717) is 0 Å². The Morgan fingerprint density at radius 1 is 1.67 bits per heavy atom. The zero-order valence-corrected chi connectivity index (χ0v) is 4.33. The van der Waals surface area contributed by atoms with Crippen LogP contribution in [0.15, 0.2) is 0 Å². The van der Waals surface area contributed by atoms with Gasteiger partial charge in [0.2, 0.25) is 10.7 Å². The molecule has 0 bridgehead atoms. The van der Waals surface area contributed by atoms with Gasteiger partial charge in [0.1, 0.15) is 0 Å². The van der Waals surface area contributed by atoms with Gasteiger partial charge in [0.05, 0.1) is 0 Å². The molecule has 1 N–H and O–H groups in total. The Morgan fingerprint density at radius 3 is 1.83 bits per heavy atom. The van der Waals surface area contributed by atoms with E-state index < -0.39 is 15.1 Å². The first kappa shape index (κ1) is 5.84. The highest BCUT2D eigenvalue weighted by Gasteiger charge is 1.84. The zero-order valence-electron chi connectivity index (χ0n) is 2.62. The molecule has 0 aliphatic carbocycles. The van der Waals surface area contributed by atoms with Crippen LogP contribution in [0.2, 0.25) is 0 Å². The maximum atomic E-state index is 9.34. The van der Waals surface area contributed by atoms with Gasteiger partial charge in [-0.1, -0.05) is 0 Å². The van der Waals surface area contributed by atoms with Gasteiger partial charge in [-0.2, -0.15) is 0 Å². The first-order chi connectivity index (χ1) is 2.64. The van der Waals surface area contributed by atoms with Crippen molar-refractivity contribution in [1.29, 1.82) is 0 Å². The zero-order chi connectivity index (χ0) is 5.15. The summed E-state index contributed by atoms with van der Waals surface area (Å²) in [6.45, 7) is 0. The number of aliphatic hydroxyl groups excluding tert-OH is 1. The number of aliphatic hydroxyl groups is 1. The van der Waals surface area contributed by atoms with Gasteiger partial charge >= 0.3 is 0 Å². The minimum atomic E-state index is -2.87. The van der Waals surface area contributed by atoms with Crippen molar-refractivity contribution in [1.82, 2.24) is 0 Å². The lowest BCUT2D eigenvalue weighted by molar-refractivity contribution is 0.566. The quantitative estimate of drug-likeness (QED) is 0.337. The van der Waals surface area contributed by atoms with Crippen molar-refractivity contribution in [3.63, 3.8) is 0 Å². The van der Waals surface area contributed by atoms with E-state index in [1.165, 1.54) is 0 Å². The molecule has 36 valence electrons. The van der Waals surface area contributed by atoms with Crippen molar-refractivity contribution in [3.05, 3.63) is 0 Å². The third-order valence-electron chi connectivity index (χ3n) is 0.156. The molecule has 6 heavy (non-hydrogen) atoms. The van der Waals surface area contributed by atoms with E-state index in [9.17, 15) is 8.42 Å². The summed E-state index contributed by atoms with van der Waals surface area (Å²) >= 11 is 3.78. The van der Waals surface area contributed by atoms with E-state index in [0.717, 1.165) is 0 Å². The molecule has 0 saturated carbocycles. The summed E-state index contributed by atoms with van der Waals surface area (Å²) < 4.78 is 17.7. The van der Waals surface area contributed by atoms with Gasteiger partial charge in [-0.25, -0.2) is 8.42 Å². The van der Waals surface area contributed by atoms with Crippen LogP contribution in [0, 0.1) is 0 Å². The fraction of sp³-hybridized carbons (Fsp3) is 0. The first-order valence-corrected chi connectivity index (χ1v) is 2.60. The molecule has 0 aromatic rings. The second-order valence-electron chi connectivity index (χ2n) is 0.540. The number of hydrogen-bond donors (Lipinski definition) is 2. The van der Waals surface area contributed by atoms with Gasteiger partial charge in [0.15, 0.2) is 0 Å². The predicted molar refractivity (Wildman–Crippen MR) is 25.5 cm³/mol. The summed E-state index contributed by atoms with van der Waals surface area (Å²) in [5.74, 6) is 0. The van der Waals surface area contributed by atoms with Gasteiger partial charge in [-0.3, -0.25) is 0 Å². The molecule has 0 aliphatic heterocycles. The van der Waals surface area contributed by atoms with Crippen LogP contribution in [0.3, 0.4) is 0 Å². The molecule has 0 rings (SSSR count). The lowest BCUT2D eigenvalue weighted by Gasteiger charge is -1.69. The molecule has 3 nitrogen and oxygen atoms in total. The van der Waals surface area contributed by atoms with Crippen LogP contribution < -0.4 is 0 Å². The Morgan fingerprint density at radius 2 is 1.83 bits per heavy atom. The topological polar surface area (TPSA) is 54.4 Å². The van der Waals surface area contributed by atoms with Crippen LogP contribution in [0.4, 0.5) is 0 Å². The fourth-order valence-corrected chi connectivity index (χ4v) is 0. The van der Waals surface area contributed by atoms with Crippen molar-refractivity contribution in [2.75, 3.05) is 0 Å². The molecule has 0 heterocycles. The molecule has 0 fully saturated rings. The Kier molecular flexibility index (Phi) is 2.04. The third kappa shape index (κ3) is 2.10. The monoisotopic (exact) mass is 126 g/mol. The van der Waals surface area contributed by atoms with E-state index in [2.05, 4.69) is 12.2 Å². The predicted octanol–water partition coefficient (Wildman–Crippen LogP) is -0.559. The minimum absolute atomic E-state index is 0.954. The van der Waals surface area contributed by atoms with Gasteiger partial charge < -0.3 is 5.11 Å². The summed E-state index contributed by atoms with van der Waals surface area (Å²) in [6.07, 6.45) is 0.